The SMILES string of the molecule is COc1cc(C(=O)NC(C(=O)O)C(C)(C)S)cc(OC)c1OC. The Bertz CT molecular complexity index is 571. The van der Waals surface area contributed by atoms with E-state index in [0.29, 0.717) is 17.2 Å². The van der Waals surface area contributed by atoms with Gasteiger partial charge in [-0.2, -0.15) is 12.6 Å². The van der Waals surface area contributed by atoms with Crippen molar-refractivity contribution in [3.63, 3.8) is 0 Å². The number of hydrogen-bond donors (Lipinski definition) is 3. The van der Waals surface area contributed by atoms with Gasteiger partial charge >= 0.3 is 5.97 Å². The molecule has 0 spiro atoms. The number of rotatable bonds is 7. The first-order valence-corrected chi connectivity index (χ1v) is 7.16. The topological polar surface area (TPSA) is 94.1 Å². The van der Waals surface area contributed by atoms with Crippen molar-refractivity contribution in [3.05, 3.63) is 17.7 Å². The van der Waals surface area contributed by atoms with Crippen molar-refractivity contribution in [1.29, 1.82) is 0 Å². The van der Waals surface area contributed by atoms with Gasteiger partial charge in [0.25, 0.3) is 5.91 Å². The van der Waals surface area contributed by atoms with Crippen LogP contribution in [0.25, 0.3) is 0 Å². The number of carbonyl (C=O) groups is 2. The zero-order valence-corrected chi connectivity index (χ0v) is 14.6. The molecule has 1 aromatic rings. The van der Waals surface area contributed by atoms with Crippen LogP contribution < -0.4 is 19.5 Å². The third-order valence-electron chi connectivity index (χ3n) is 3.16. The Morgan fingerprint density at radius 1 is 1.13 bits per heavy atom. The fourth-order valence-electron chi connectivity index (χ4n) is 1.97. The van der Waals surface area contributed by atoms with E-state index in [9.17, 15) is 14.7 Å². The van der Waals surface area contributed by atoms with Crippen LogP contribution in [0.5, 0.6) is 17.2 Å². The number of methoxy groups -OCH3 is 3. The van der Waals surface area contributed by atoms with E-state index in [2.05, 4.69) is 17.9 Å². The number of hydrogen-bond acceptors (Lipinski definition) is 6. The van der Waals surface area contributed by atoms with Crippen LogP contribution in [0.2, 0.25) is 0 Å². The van der Waals surface area contributed by atoms with Gasteiger partial charge in [-0.1, -0.05) is 0 Å². The lowest BCUT2D eigenvalue weighted by Crippen LogP contribution is -2.51. The molecule has 0 saturated heterocycles. The van der Waals surface area contributed by atoms with E-state index in [-0.39, 0.29) is 5.56 Å². The zero-order valence-electron chi connectivity index (χ0n) is 13.7. The predicted octanol–water partition coefficient (Wildman–Crippen LogP) is 1.60. The summed E-state index contributed by atoms with van der Waals surface area (Å²) in [5, 5.41) is 11.7. The first kappa shape index (κ1) is 19.0. The second-order valence-electron chi connectivity index (χ2n) is 5.31. The van der Waals surface area contributed by atoms with Gasteiger partial charge in [0.1, 0.15) is 6.04 Å². The fourth-order valence-corrected chi connectivity index (χ4v) is 2.14. The standard InChI is InChI=1S/C15H21NO6S/c1-15(2,23)12(14(18)19)16-13(17)8-6-9(20-3)11(22-5)10(7-8)21-4/h6-7,12,23H,1-5H3,(H,16,17)(H,18,19). The van der Waals surface area contributed by atoms with Crippen molar-refractivity contribution < 1.29 is 28.9 Å². The first-order valence-electron chi connectivity index (χ1n) is 6.71. The van der Waals surface area contributed by atoms with E-state index in [0.717, 1.165) is 0 Å². The Morgan fingerprint density at radius 3 is 1.91 bits per heavy atom. The summed E-state index contributed by atoms with van der Waals surface area (Å²) in [5.41, 5.74) is 0.184. The smallest absolute Gasteiger partial charge is 0.327 e. The summed E-state index contributed by atoms with van der Waals surface area (Å²) in [6.45, 7) is 3.20. The maximum atomic E-state index is 12.4. The minimum atomic E-state index is -1.18. The normalized spacial score (nSPS) is 12.3. The van der Waals surface area contributed by atoms with E-state index in [1.165, 1.54) is 33.5 Å². The molecular formula is C15H21NO6S. The third kappa shape index (κ3) is 4.44. The molecule has 1 amide bonds. The maximum Gasteiger partial charge on any atom is 0.327 e. The molecule has 0 aliphatic carbocycles. The van der Waals surface area contributed by atoms with Gasteiger partial charge in [-0.05, 0) is 26.0 Å². The summed E-state index contributed by atoms with van der Waals surface area (Å²) in [4.78, 5) is 23.7. The molecule has 0 heterocycles. The van der Waals surface area contributed by atoms with Crippen LogP contribution in [0.15, 0.2) is 12.1 Å². The van der Waals surface area contributed by atoms with Gasteiger partial charge in [0.15, 0.2) is 11.5 Å². The highest BCUT2D eigenvalue weighted by Gasteiger charge is 2.34. The van der Waals surface area contributed by atoms with Crippen LogP contribution in [-0.4, -0.2) is 49.1 Å². The van der Waals surface area contributed by atoms with Gasteiger partial charge in [0, 0.05) is 10.3 Å². The predicted molar refractivity (Wildman–Crippen MR) is 88.1 cm³/mol. The van der Waals surface area contributed by atoms with Crippen LogP contribution >= 0.6 is 12.6 Å². The fraction of sp³-hybridized carbons (Fsp3) is 0.467. The van der Waals surface area contributed by atoms with Crippen LogP contribution in [0, 0.1) is 0 Å². The van der Waals surface area contributed by atoms with Gasteiger partial charge in [-0.15, -0.1) is 0 Å². The number of carboxylic acids is 1. The molecule has 0 aliphatic heterocycles. The minimum absolute atomic E-state index is 0.184. The van der Waals surface area contributed by atoms with Gasteiger partial charge in [-0.25, -0.2) is 4.79 Å². The summed E-state index contributed by atoms with van der Waals surface area (Å²) >= 11 is 4.22. The lowest BCUT2D eigenvalue weighted by molar-refractivity contribution is -0.139. The summed E-state index contributed by atoms with van der Waals surface area (Å²) < 4.78 is 14.6. The molecule has 2 N–H and O–H groups in total. The van der Waals surface area contributed by atoms with Gasteiger partial charge in [0.2, 0.25) is 5.75 Å². The molecule has 0 bridgehead atoms. The monoisotopic (exact) mass is 343 g/mol. The second-order valence-corrected chi connectivity index (χ2v) is 6.47. The largest absolute Gasteiger partial charge is 0.493 e. The highest BCUT2D eigenvalue weighted by molar-refractivity contribution is 7.81. The summed E-state index contributed by atoms with van der Waals surface area (Å²) in [7, 11) is 4.30. The molecule has 0 fully saturated rings. The van der Waals surface area contributed by atoms with Crippen molar-refractivity contribution >= 4 is 24.5 Å². The number of amides is 1. The molecule has 1 aromatic carbocycles. The molecule has 0 radical (unpaired) electrons. The van der Waals surface area contributed by atoms with Crippen LogP contribution in [0.4, 0.5) is 0 Å². The Hall–Kier alpha value is -2.09. The van der Waals surface area contributed by atoms with Crippen molar-refractivity contribution in [2.24, 2.45) is 0 Å². The highest BCUT2D eigenvalue weighted by atomic mass is 32.1. The summed E-state index contributed by atoms with van der Waals surface area (Å²) in [6.07, 6.45) is 0. The molecule has 8 heteroatoms. The highest BCUT2D eigenvalue weighted by Crippen LogP contribution is 2.38. The zero-order chi connectivity index (χ0) is 17.8. The lowest BCUT2D eigenvalue weighted by atomic mass is 10.0. The number of benzene rings is 1. The van der Waals surface area contributed by atoms with E-state index in [1.807, 2.05) is 0 Å². The number of thiol groups is 1. The average molecular weight is 343 g/mol. The van der Waals surface area contributed by atoms with Crippen molar-refractivity contribution in [3.8, 4) is 17.2 Å². The quantitative estimate of drug-likeness (QED) is 0.651. The van der Waals surface area contributed by atoms with E-state index in [1.54, 1.807) is 13.8 Å². The van der Waals surface area contributed by atoms with Crippen LogP contribution in [0.1, 0.15) is 24.2 Å². The number of carboxylic acid groups (broad SMARTS) is 1. The van der Waals surface area contributed by atoms with E-state index < -0.39 is 22.7 Å². The number of ether oxygens (including phenoxy) is 3. The summed E-state index contributed by atoms with van der Waals surface area (Å²) in [6, 6.07) is 1.72. The molecule has 0 saturated carbocycles. The van der Waals surface area contributed by atoms with Crippen molar-refractivity contribution in [1.82, 2.24) is 5.32 Å². The van der Waals surface area contributed by atoms with Crippen LogP contribution in [0.3, 0.4) is 0 Å². The van der Waals surface area contributed by atoms with E-state index >= 15 is 0 Å². The van der Waals surface area contributed by atoms with Crippen molar-refractivity contribution in [2.75, 3.05) is 21.3 Å². The van der Waals surface area contributed by atoms with Gasteiger partial charge < -0.3 is 24.6 Å². The minimum Gasteiger partial charge on any atom is -0.493 e. The Balaban J connectivity index is 3.20. The molecular weight excluding hydrogens is 322 g/mol. The molecule has 23 heavy (non-hydrogen) atoms. The van der Waals surface area contributed by atoms with Crippen LogP contribution in [-0.2, 0) is 4.79 Å². The van der Waals surface area contributed by atoms with Crippen molar-refractivity contribution in [2.45, 2.75) is 24.6 Å². The number of aliphatic carboxylic acids is 1. The average Bonchev–Trinajstić information content (AvgIpc) is 2.49. The Kier molecular flexibility index (Phi) is 6.14. The van der Waals surface area contributed by atoms with E-state index in [4.69, 9.17) is 14.2 Å². The van der Waals surface area contributed by atoms with Gasteiger partial charge in [-0.3, -0.25) is 4.79 Å². The molecule has 128 valence electrons. The molecule has 1 unspecified atom stereocenters. The Labute approximate surface area is 140 Å². The summed E-state index contributed by atoms with van der Waals surface area (Å²) in [5.74, 6) is -0.816. The second kappa shape index (κ2) is 7.45. The lowest BCUT2D eigenvalue weighted by Gasteiger charge is -2.27. The Morgan fingerprint density at radius 2 is 1.61 bits per heavy atom. The molecule has 1 atom stereocenters. The third-order valence-corrected chi connectivity index (χ3v) is 3.41. The molecule has 7 nitrogen and oxygen atoms in total. The molecule has 1 rings (SSSR count). The first-order chi connectivity index (χ1) is 10.6. The van der Waals surface area contributed by atoms with Gasteiger partial charge in [0.05, 0.1) is 21.3 Å². The molecule has 0 aromatic heterocycles. The molecule has 0 aliphatic rings. The number of carbonyl (C=O) groups excluding carboxylic acids is 1. The number of nitrogens with one attached hydrogen (secondary N) is 1. The maximum absolute atomic E-state index is 12.4.